The number of rotatable bonds is 5. The third-order valence-corrected chi connectivity index (χ3v) is 7.61. The molecule has 20 heavy (non-hydrogen) atoms. The van der Waals surface area contributed by atoms with Gasteiger partial charge in [0.25, 0.3) is 0 Å². The zero-order chi connectivity index (χ0) is 14.7. The molecule has 0 aromatic carbocycles. The van der Waals surface area contributed by atoms with Crippen LogP contribution in [0.5, 0.6) is 0 Å². The summed E-state index contributed by atoms with van der Waals surface area (Å²) < 4.78 is 2.05. The summed E-state index contributed by atoms with van der Waals surface area (Å²) in [6.45, 7) is 7.33. The number of hydrogen-bond acceptors (Lipinski definition) is 4. The number of aromatic nitrogens is 2. The van der Waals surface area contributed by atoms with E-state index in [2.05, 4.69) is 54.8 Å². The highest BCUT2D eigenvalue weighted by Gasteiger charge is 2.31. The number of thioether (sulfide) groups is 2. The van der Waals surface area contributed by atoms with Crippen molar-refractivity contribution in [1.82, 2.24) is 15.1 Å². The molecule has 1 aliphatic rings. The lowest BCUT2D eigenvalue weighted by Gasteiger charge is -2.34. The molecular weight excluding hydrogens is 310 g/mol. The van der Waals surface area contributed by atoms with Gasteiger partial charge in [0, 0.05) is 41.0 Å². The van der Waals surface area contributed by atoms with Crippen molar-refractivity contribution < 1.29 is 0 Å². The molecule has 0 radical (unpaired) electrons. The summed E-state index contributed by atoms with van der Waals surface area (Å²) in [7, 11) is 2.06. The van der Waals surface area contributed by atoms with Gasteiger partial charge in [-0.1, -0.05) is 18.5 Å². The van der Waals surface area contributed by atoms with Gasteiger partial charge in [-0.05, 0) is 20.9 Å². The smallest absolute Gasteiger partial charge is 0.0847 e. The van der Waals surface area contributed by atoms with Crippen LogP contribution in [0.1, 0.15) is 25.2 Å². The Labute approximate surface area is 135 Å². The number of halogens is 1. The Balaban J connectivity index is 2.17. The maximum Gasteiger partial charge on any atom is 0.0847 e. The van der Waals surface area contributed by atoms with Gasteiger partial charge in [0.15, 0.2) is 0 Å². The highest BCUT2D eigenvalue weighted by Crippen LogP contribution is 2.34. The highest BCUT2D eigenvalue weighted by molar-refractivity contribution is 8.07. The van der Waals surface area contributed by atoms with Crippen molar-refractivity contribution in [3.05, 3.63) is 16.4 Å². The second kappa shape index (κ2) is 7.43. The summed E-state index contributed by atoms with van der Waals surface area (Å²) in [5, 5.41) is 10.2. The molecule has 1 aliphatic heterocycles. The molecular formula is C14H24ClN3S2. The average Bonchev–Trinajstić information content (AvgIpc) is 2.73. The Morgan fingerprint density at radius 3 is 2.75 bits per heavy atom. The maximum absolute atomic E-state index is 6.45. The minimum absolute atomic E-state index is 0.446. The summed E-state index contributed by atoms with van der Waals surface area (Å²) in [5.41, 5.74) is 2.12. The zero-order valence-corrected chi connectivity index (χ0v) is 15.0. The molecule has 1 saturated heterocycles. The first kappa shape index (κ1) is 16.5. The van der Waals surface area contributed by atoms with E-state index in [9.17, 15) is 0 Å². The third kappa shape index (κ3) is 3.49. The number of aryl methyl sites for hydroxylation is 2. The van der Waals surface area contributed by atoms with Crippen molar-refractivity contribution in [2.75, 3.05) is 18.6 Å². The van der Waals surface area contributed by atoms with Crippen LogP contribution in [-0.2, 0) is 13.0 Å². The maximum atomic E-state index is 6.45. The minimum Gasteiger partial charge on any atom is -0.315 e. The largest absolute Gasteiger partial charge is 0.315 e. The molecule has 1 aromatic rings. The van der Waals surface area contributed by atoms with E-state index in [4.69, 9.17) is 11.6 Å². The van der Waals surface area contributed by atoms with Crippen LogP contribution in [-0.4, -0.2) is 44.9 Å². The van der Waals surface area contributed by atoms with E-state index in [0.717, 1.165) is 23.7 Å². The first-order chi connectivity index (χ1) is 9.58. The lowest BCUT2D eigenvalue weighted by molar-refractivity contribution is 0.503. The van der Waals surface area contributed by atoms with Crippen LogP contribution >= 0.6 is 35.1 Å². The lowest BCUT2D eigenvalue weighted by Crippen LogP contribution is -2.44. The van der Waals surface area contributed by atoms with Gasteiger partial charge in [-0.25, -0.2) is 0 Å². The molecule has 0 aliphatic carbocycles. The number of nitrogens with one attached hydrogen (secondary N) is 1. The van der Waals surface area contributed by atoms with E-state index in [0.29, 0.717) is 16.5 Å². The molecule has 3 nitrogen and oxygen atoms in total. The van der Waals surface area contributed by atoms with Crippen LogP contribution in [0, 0.1) is 6.92 Å². The lowest BCUT2D eigenvalue weighted by atomic mass is 10.1. The number of hydrogen-bond donors (Lipinski definition) is 1. The van der Waals surface area contributed by atoms with Crippen molar-refractivity contribution in [3.63, 3.8) is 0 Å². The van der Waals surface area contributed by atoms with Crippen molar-refractivity contribution in [2.45, 2.75) is 50.3 Å². The Morgan fingerprint density at radius 1 is 1.45 bits per heavy atom. The summed E-state index contributed by atoms with van der Waals surface area (Å²) in [4.78, 5) is 0. The average molecular weight is 334 g/mol. The zero-order valence-electron chi connectivity index (χ0n) is 12.6. The quantitative estimate of drug-likeness (QED) is 0.896. The van der Waals surface area contributed by atoms with Gasteiger partial charge in [0.05, 0.1) is 16.4 Å². The molecule has 1 fully saturated rings. The predicted octanol–water partition coefficient (Wildman–Crippen LogP) is 3.23. The van der Waals surface area contributed by atoms with Gasteiger partial charge in [-0.3, -0.25) is 4.68 Å². The number of nitrogens with zero attached hydrogens (tertiary/aromatic N) is 2. The fraction of sp³-hybridized carbons (Fsp3) is 0.786. The molecule has 0 spiro atoms. The van der Waals surface area contributed by atoms with Gasteiger partial charge >= 0.3 is 0 Å². The summed E-state index contributed by atoms with van der Waals surface area (Å²) >= 11 is 10.6. The summed E-state index contributed by atoms with van der Waals surface area (Å²) in [6, 6.07) is 0.446. The first-order valence-electron chi connectivity index (χ1n) is 7.20. The van der Waals surface area contributed by atoms with Gasteiger partial charge in [-0.15, -0.1) is 0 Å². The van der Waals surface area contributed by atoms with E-state index >= 15 is 0 Å². The Morgan fingerprint density at radius 2 is 2.15 bits per heavy atom. The molecule has 6 heteroatoms. The number of likely N-dealkylation sites (N-methyl/N-ethyl adjacent to an activating group) is 1. The fourth-order valence-corrected chi connectivity index (χ4v) is 5.96. The van der Waals surface area contributed by atoms with Crippen LogP contribution in [0.15, 0.2) is 0 Å². The van der Waals surface area contributed by atoms with Gasteiger partial charge in [-0.2, -0.15) is 28.6 Å². The van der Waals surface area contributed by atoms with Gasteiger partial charge < -0.3 is 5.32 Å². The van der Waals surface area contributed by atoms with Crippen molar-refractivity contribution in [1.29, 1.82) is 0 Å². The molecule has 0 amide bonds. The molecule has 0 bridgehead atoms. The molecule has 2 heterocycles. The van der Waals surface area contributed by atoms with Crippen LogP contribution in [0.3, 0.4) is 0 Å². The Hall–Kier alpha value is 0.160. The van der Waals surface area contributed by atoms with Crippen molar-refractivity contribution >= 4 is 35.1 Å². The SMILES string of the molecule is CCn1nc(C)c(Cl)c1CC(NC)C1SCCSC1C. The highest BCUT2D eigenvalue weighted by atomic mass is 35.5. The second-order valence-corrected chi connectivity index (χ2v) is 8.32. The van der Waals surface area contributed by atoms with Crippen LogP contribution in [0.25, 0.3) is 0 Å². The molecule has 114 valence electrons. The van der Waals surface area contributed by atoms with Gasteiger partial charge in [0.2, 0.25) is 0 Å². The predicted molar refractivity (Wildman–Crippen MR) is 92.4 cm³/mol. The molecule has 3 unspecified atom stereocenters. The first-order valence-corrected chi connectivity index (χ1v) is 9.68. The second-order valence-electron chi connectivity index (χ2n) is 5.17. The van der Waals surface area contributed by atoms with Gasteiger partial charge in [0.1, 0.15) is 0 Å². The topological polar surface area (TPSA) is 29.9 Å². The van der Waals surface area contributed by atoms with Crippen molar-refractivity contribution in [2.24, 2.45) is 0 Å². The third-order valence-electron chi connectivity index (χ3n) is 3.87. The van der Waals surface area contributed by atoms with E-state index in [-0.39, 0.29) is 0 Å². The standard InChI is InChI=1S/C14H24ClN3S2/c1-5-18-12(13(15)9(2)17-18)8-11(16-4)14-10(3)19-6-7-20-14/h10-11,14,16H,5-8H2,1-4H3. The van der Waals surface area contributed by atoms with E-state index < -0.39 is 0 Å². The molecule has 3 atom stereocenters. The molecule has 0 saturated carbocycles. The Bertz CT molecular complexity index is 450. The van der Waals surface area contributed by atoms with E-state index in [1.165, 1.54) is 17.2 Å². The van der Waals surface area contributed by atoms with Crippen LogP contribution in [0.4, 0.5) is 0 Å². The molecule has 1 N–H and O–H groups in total. The van der Waals surface area contributed by atoms with Crippen molar-refractivity contribution in [3.8, 4) is 0 Å². The summed E-state index contributed by atoms with van der Waals surface area (Å²) in [5.74, 6) is 2.52. The monoisotopic (exact) mass is 333 g/mol. The fourth-order valence-electron chi connectivity index (χ4n) is 2.75. The molecule has 1 aromatic heterocycles. The Kier molecular flexibility index (Phi) is 6.14. The van der Waals surface area contributed by atoms with Crippen LogP contribution in [0.2, 0.25) is 5.02 Å². The molecule has 2 rings (SSSR count). The minimum atomic E-state index is 0.446. The van der Waals surface area contributed by atoms with Crippen LogP contribution < -0.4 is 5.32 Å². The normalized spacial score (nSPS) is 24.9. The van der Waals surface area contributed by atoms with E-state index in [1.807, 2.05) is 11.6 Å². The summed E-state index contributed by atoms with van der Waals surface area (Å²) in [6.07, 6.45) is 0.951. The van der Waals surface area contributed by atoms with E-state index in [1.54, 1.807) is 0 Å².